The van der Waals surface area contributed by atoms with Crippen LogP contribution in [0.25, 0.3) is 0 Å². The molecule has 0 atom stereocenters. The lowest BCUT2D eigenvalue weighted by atomic mass is 10.1. The Morgan fingerprint density at radius 2 is 1.67 bits per heavy atom. The monoisotopic (exact) mass is 529 g/mol. The Bertz CT molecular complexity index is 1040. The number of hydrogen-bond donors (Lipinski definition) is 1. The first kappa shape index (κ1) is 26.3. The Labute approximate surface area is 210 Å². The molecule has 1 N–H and O–H groups in total. The zero-order valence-corrected chi connectivity index (χ0v) is 21.7. The summed E-state index contributed by atoms with van der Waals surface area (Å²) in [5.41, 5.74) is 2.84. The quantitative estimate of drug-likeness (QED) is 0.468. The van der Waals surface area contributed by atoms with Crippen LogP contribution in [-0.4, -0.2) is 67.8 Å². The van der Waals surface area contributed by atoms with E-state index in [1.54, 1.807) is 29.1 Å². The summed E-state index contributed by atoms with van der Waals surface area (Å²) < 4.78 is 25.5. The van der Waals surface area contributed by atoms with Crippen molar-refractivity contribution in [2.24, 2.45) is 0 Å². The second-order valence-electron chi connectivity index (χ2n) is 7.83. The third-order valence-electron chi connectivity index (χ3n) is 5.50. The second kappa shape index (κ2) is 12.4. The molecule has 0 aliphatic carbocycles. The van der Waals surface area contributed by atoms with Gasteiger partial charge in [0.05, 0.1) is 15.8 Å². The summed E-state index contributed by atoms with van der Waals surface area (Å²) in [4.78, 5) is 14.6. The van der Waals surface area contributed by atoms with E-state index in [0.29, 0.717) is 48.3 Å². The van der Waals surface area contributed by atoms with Crippen molar-refractivity contribution in [3.05, 3.63) is 69.2 Å². The van der Waals surface area contributed by atoms with Gasteiger partial charge < -0.3 is 5.32 Å². The van der Waals surface area contributed by atoms with Crippen molar-refractivity contribution in [3.63, 3.8) is 0 Å². The van der Waals surface area contributed by atoms with Gasteiger partial charge in [0, 0.05) is 56.3 Å². The molecule has 1 aliphatic heterocycles. The predicted molar refractivity (Wildman–Crippen MR) is 138 cm³/mol. The molecule has 1 saturated heterocycles. The van der Waals surface area contributed by atoms with Gasteiger partial charge >= 0.3 is 0 Å². The molecule has 0 spiro atoms. The van der Waals surface area contributed by atoms with Crippen molar-refractivity contribution in [2.45, 2.75) is 19.2 Å². The molecule has 0 aromatic heterocycles. The number of rotatable bonds is 10. The molecule has 10 heteroatoms. The van der Waals surface area contributed by atoms with Crippen LogP contribution in [-0.2, 0) is 22.3 Å². The van der Waals surface area contributed by atoms with Crippen LogP contribution in [0.5, 0.6) is 0 Å². The number of nitrogens with one attached hydrogen (secondary N) is 1. The number of carbonyl (C=O) groups is 1. The summed E-state index contributed by atoms with van der Waals surface area (Å²) in [6.07, 6.45) is 0. The fourth-order valence-electron chi connectivity index (χ4n) is 3.53. The molecule has 0 unspecified atom stereocenters. The number of benzene rings is 2. The van der Waals surface area contributed by atoms with Gasteiger partial charge in [0.1, 0.15) is 0 Å². The van der Waals surface area contributed by atoms with Crippen LogP contribution < -0.4 is 5.32 Å². The maximum absolute atomic E-state index is 12.4. The fraction of sp³-hybridized carbons (Fsp3) is 0.435. The van der Waals surface area contributed by atoms with Gasteiger partial charge in [-0.1, -0.05) is 41.4 Å². The Morgan fingerprint density at radius 1 is 1.00 bits per heavy atom. The highest BCUT2D eigenvalue weighted by Gasteiger charge is 2.25. The van der Waals surface area contributed by atoms with E-state index in [1.807, 2.05) is 36.4 Å². The van der Waals surface area contributed by atoms with Crippen molar-refractivity contribution >= 4 is 50.9 Å². The summed E-state index contributed by atoms with van der Waals surface area (Å²) in [5, 5.41) is 4.05. The minimum atomic E-state index is -3.11. The number of amides is 1. The highest BCUT2D eigenvalue weighted by atomic mass is 35.5. The van der Waals surface area contributed by atoms with Gasteiger partial charge in [-0.3, -0.25) is 9.69 Å². The summed E-state index contributed by atoms with van der Waals surface area (Å²) in [7, 11) is -3.11. The Kier molecular flexibility index (Phi) is 9.91. The maximum atomic E-state index is 12.4. The highest BCUT2D eigenvalue weighted by Crippen LogP contribution is 2.24. The largest absolute Gasteiger partial charge is 0.351 e. The number of nitrogens with zero attached hydrogens (tertiary/aromatic N) is 2. The van der Waals surface area contributed by atoms with Crippen LogP contribution in [0.4, 0.5) is 0 Å². The van der Waals surface area contributed by atoms with Gasteiger partial charge in [-0.25, -0.2) is 8.42 Å². The van der Waals surface area contributed by atoms with Crippen LogP contribution >= 0.6 is 35.0 Å². The zero-order valence-electron chi connectivity index (χ0n) is 18.6. The number of thioether (sulfide) groups is 1. The van der Waals surface area contributed by atoms with E-state index in [1.165, 1.54) is 0 Å². The number of carbonyl (C=O) groups excluding carboxylic acids is 1. The first-order chi connectivity index (χ1) is 15.8. The number of halogens is 2. The number of sulfonamides is 1. The third-order valence-corrected chi connectivity index (χ3v) is 9.15. The normalized spacial score (nSPS) is 15.5. The molecule has 6 nitrogen and oxygen atoms in total. The lowest BCUT2D eigenvalue weighted by molar-refractivity contribution is 0.0956. The van der Waals surface area contributed by atoms with Crippen LogP contribution in [0.3, 0.4) is 0 Å². The molecule has 1 heterocycles. The number of piperazine rings is 1. The Hall–Kier alpha value is -1.29. The minimum Gasteiger partial charge on any atom is -0.351 e. The fourth-order valence-corrected chi connectivity index (χ4v) is 5.74. The van der Waals surface area contributed by atoms with Crippen molar-refractivity contribution in [3.8, 4) is 0 Å². The third kappa shape index (κ3) is 7.87. The molecular weight excluding hydrogens is 501 g/mol. The predicted octanol–water partition coefficient (Wildman–Crippen LogP) is 4.12. The molecule has 0 radical (unpaired) electrons. The minimum absolute atomic E-state index is 0.0879. The van der Waals surface area contributed by atoms with Crippen molar-refractivity contribution in [1.82, 2.24) is 14.5 Å². The Morgan fingerprint density at radius 3 is 2.30 bits per heavy atom. The maximum Gasteiger partial charge on any atom is 0.251 e. The van der Waals surface area contributed by atoms with Gasteiger partial charge in [0.25, 0.3) is 5.91 Å². The smallest absolute Gasteiger partial charge is 0.251 e. The van der Waals surface area contributed by atoms with Gasteiger partial charge in [-0.2, -0.15) is 16.1 Å². The van der Waals surface area contributed by atoms with E-state index < -0.39 is 10.0 Å². The van der Waals surface area contributed by atoms with Crippen LogP contribution in [0, 0.1) is 0 Å². The van der Waals surface area contributed by atoms with E-state index in [-0.39, 0.29) is 11.7 Å². The van der Waals surface area contributed by atoms with Crippen LogP contribution in [0.15, 0.2) is 42.5 Å². The van der Waals surface area contributed by atoms with Gasteiger partial charge in [-0.15, -0.1) is 0 Å². The van der Waals surface area contributed by atoms with E-state index in [2.05, 4.69) is 10.2 Å². The second-order valence-corrected chi connectivity index (χ2v) is 12.0. The van der Waals surface area contributed by atoms with Crippen molar-refractivity contribution in [2.75, 3.05) is 44.2 Å². The summed E-state index contributed by atoms with van der Waals surface area (Å²) in [5.74, 6) is 1.66. The lowest BCUT2D eigenvalue weighted by Crippen LogP contribution is -2.48. The number of hydrogen-bond acceptors (Lipinski definition) is 5. The van der Waals surface area contributed by atoms with E-state index in [0.717, 1.165) is 29.2 Å². The van der Waals surface area contributed by atoms with E-state index >= 15 is 0 Å². The van der Waals surface area contributed by atoms with E-state index in [4.69, 9.17) is 23.2 Å². The van der Waals surface area contributed by atoms with Gasteiger partial charge in [0.2, 0.25) is 10.0 Å². The molecule has 3 rings (SSSR count). The molecule has 180 valence electrons. The Balaban J connectivity index is 1.37. The summed E-state index contributed by atoms with van der Waals surface area (Å²) in [6, 6.07) is 13.2. The van der Waals surface area contributed by atoms with Crippen molar-refractivity contribution < 1.29 is 13.2 Å². The summed E-state index contributed by atoms with van der Waals surface area (Å²) in [6.45, 7) is 5.48. The molecule has 1 fully saturated rings. The SMILES string of the molecule is CCS(=O)(=O)N1CCN(Cc2ccc(C(=O)NCCSCc3ccc(Cl)c(Cl)c3)cc2)CC1. The molecule has 1 amide bonds. The van der Waals surface area contributed by atoms with E-state index in [9.17, 15) is 13.2 Å². The molecule has 2 aromatic rings. The summed E-state index contributed by atoms with van der Waals surface area (Å²) >= 11 is 13.7. The molecule has 0 bridgehead atoms. The molecule has 0 saturated carbocycles. The van der Waals surface area contributed by atoms with Crippen LogP contribution in [0.1, 0.15) is 28.4 Å². The van der Waals surface area contributed by atoms with Gasteiger partial charge in [0.15, 0.2) is 0 Å². The molecule has 1 aliphatic rings. The van der Waals surface area contributed by atoms with Gasteiger partial charge in [-0.05, 0) is 42.3 Å². The first-order valence-corrected chi connectivity index (χ1v) is 14.4. The standard InChI is InChI=1S/C23H29Cl2N3O3S2/c1-2-33(30,31)28-12-10-27(11-13-28)16-18-3-6-20(7-4-18)23(29)26-9-14-32-17-19-5-8-21(24)22(25)15-19/h3-8,15H,2,9-14,16-17H2,1H3,(H,26,29). The molecular formula is C23H29Cl2N3O3S2. The zero-order chi connectivity index (χ0) is 23.8. The lowest BCUT2D eigenvalue weighted by Gasteiger charge is -2.33. The topological polar surface area (TPSA) is 69.7 Å². The highest BCUT2D eigenvalue weighted by molar-refractivity contribution is 7.98. The average Bonchev–Trinajstić information content (AvgIpc) is 2.82. The average molecular weight is 531 g/mol. The van der Waals surface area contributed by atoms with Crippen molar-refractivity contribution in [1.29, 1.82) is 0 Å². The molecule has 2 aromatic carbocycles. The van der Waals surface area contributed by atoms with Crippen LogP contribution in [0.2, 0.25) is 10.0 Å². The molecule has 33 heavy (non-hydrogen) atoms. The first-order valence-electron chi connectivity index (χ1n) is 10.9.